The Morgan fingerprint density at radius 2 is 1.77 bits per heavy atom. The normalized spacial score (nSPS) is 16.5. The van der Waals surface area contributed by atoms with Gasteiger partial charge in [-0.15, -0.1) is 0 Å². The van der Waals surface area contributed by atoms with Crippen LogP contribution in [0.5, 0.6) is 0 Å². The summed E-state index contributed by atoms with van der Waals surface area (Å²) in [5.74, 6) is -0.0401. The molecular weight excluding hydrogens is 372 g/mol. The second kappa shape index (κ2) is 7.51. The van der Waals surface area contributed by atoms with Crippen molar-refractivity contribution in [3.05, 3.63) is 64.7 Å². The first kappa shape index (κ1) is 18.5. The predicted octanol–water partition coefficient (Wildman–Crippen LogP) is 3.92. The van der Waals surface area contributed by atoms with Gasteiger partial charge in [-0.2, -0.15) is 0 Å². The van der Waals surface area contributed by atoms with E-state index in [0.29, 0.717) is 34.9 Å². The van der Waals surface area contributed by atoms with Crippen molar-refractivity contribution < 1.29 is 13.2 Å². The molecule has 3 rings (SSSR count). The lowest BCUT2D eigenvalue weighted by Crippen LogP contribution is -2.25. The summed E-state index contributed by atoms with van der Waals surface area (Å²) >= 11 is 5.85. The van der Waals surface area contributed by atoms with E-state index in [-0.39, 0.29) is 11.7 Å². The van der Waals surface area contributed by atoms with Gasteiger partial charge in [0.15, 0.2) is 0 Å². The molecule has 7 heteroatoms. The van der Waals surface area contributed by atoms with E-state index in [4.69, 9.17) is 11.6 Å². The van der Waals surface area contributed by atoms with Crippen molar-refractivity contribution in [2.24, 2.45) is 0 Å². The summed E-state index contributed by atoms with van der Waals surface area (Å²) in [6, 6.07) is 14.0. The highest BCUT2D eigenvalue weighted by molar-refractivity contribution is 7.93. The molecule has 1 aliphatic heterocycles. The van der Waals surface area contributed by atoms with Crippen molar-refractivity contribution in [2.45, 2.75) is 13.3 Å². The lowest BCUT2D eigenvalue weighted by Gasteiger charge is -2.17. The van der Waals surface area contributed by atoms with Gasteiger partial charge in [0.25, 0.3) is 5.91 Å². The number of sulfonamides is 1. The fraction of sp³-hybridized carbons (Fsp3) is 0.211. The molecule has 0 atom stereocenters. The quantitative estimate of drug-likeness (QED) is 0.804. The van der Waals surface area contributed by atoms with E-state index in [1.165, 1.54) is 4.31 Å². The Kier molecular flexibility index (Phi) is 5.34. The fourth-order valence-electron chi connectivity index (χ4n) is 2.74. The van der Waals surface area contributed by atoms with E-state index >= 15 is 0 Å². The second-order valence-corrected chi connectivity index (χ2v) is 8.57. The maximum Gasteiger partial charge on any atom is 0.251 e. The predicted molar refractivity (Wildman–Crippen MR) is 106 cm³/mol. The van der Waals surface area contributed by atoms with Crippen LogP contribution in [0.2, 0.25) is 5.02 Å². The molecule has 0 radical (unpaired) electrons. The molecule has 136 valence electrons. The average Bonchev–Trinajstić information content (AvgIpc) is 2.97. The van der Waals surface area contributed by atoms with Crippen LogP contribution >= 0.6 is 11.6 Å². The minimum atomic E-state index is -3.20. The Morgan fingerprint density at radius 3 is 2.35 bits per heavy atom. The Labute approximate surface area is 158 Å². The maximum atomic E-state index is 12.3. The summed E-state index contributed by atoms with van der Waals surface area (Å²) in [5.41, 5.74) is 2.67. The van der Waals surface area contributed by atoms with Gasteiger partial charge < -0.3 is 5.32 Å². The van der Waals surface area contributed by atoms with Crippen LogP contribution < -0.4 is 9.62 Å². The molecular formula is C19H19ClN2O3S. The fourth-order valence-corrected chi connectivity index (χ4v) is 4.44. The number of halogens is 1. The van der Waals surface area contributed by atoms with Crippen LogP contribution in [0, 0.1) is 0 Å². The summed E-state index contributed by atoms with van der Waals surface area (Å²) in [6.45, 7) is 2.23. The summed E-state index contributed by atoms with van der Waals surface area (Å²) in [5, 5.41) is 3.45. The summed E-state index contributed by atoms with van der Waals surface area (Å²) in [4.78, 5) is 12.3. The van der Waals surface area contributed by atoms with Crippen molar-refractivity contribution in [2.75, 3.05) is 21.9 Å². The van der Waals surface area contributed by atoms with Gasteiger partial charge in [-0.05, 0) is 61.4 Å². The number of hydrogen-bond donors (Lipinski definition) is 1. The highest BCUT2D eigenvalue weighted by atomic mass is 35.5. The van der Waals surface area contributed by atoms with Crippen LogP contribution in [0.3, 0.4) is 0 Å². The van der Waals surface area contributed by atoms with Gasteiger partial charge in [-0.25, -0.2) is 8.42 Å². The number of nitrogens with one attached hydrogen (secondary N) is 1. The molecule has 1 heterocycles. The number of carbonyl (C=O) groups is 1. The topological polar surface area (TPSA) is 66.5 Å². The Bertz CT molecular complexity index is 936. The van der Waals surface area contributed by atoms with E-state index in [1.807, 2.05) is 12.1 Å². The van der Waals surface area contributed by atoms with Crippen LogP contribution in [0.1, 0.15) is 18.9 Å². The SMILES string of the molecule is C/C(=C\c1ccc(Cl)cc1)C(=O)Nc1ccc(N2CCCS2(=O)=O)cc1. The molecule has 1 N–H and O–H groups in total. The molecule has 0 unspecified atom stereocenters. The van der Waals surface area contributed by atoms with Crippen LogP contribution in [-0.2, 0) is 14.8 Å². The monoisotopic (exact) mass is 390 g/mol. The molecule has 0 saturated carbocycles. The van der Waals surface area contributed by atoms with E-state index in [2.05, 4.69) is 5.32 Å². The third kappa shape index (κ3) is 4.26. The molecule has 2 aromatic carbocycles. The minimum Gasteiger partial charge on any atom is -0.322 e. The van der Waals surface area contributed by atoms with Gasteiger partial charge in [0, 0.05) is 22.8 Å². The first-order chi connectivity index (χ1) is 12.3. The zero-order valence-electron chi connectivity index (χ0n) is 14.3. The molecule has 5 nitrogen and oxygen atoms in total. The molecule has 1 amide bonds. The largest absolute Gasteiger partial charge is 0.322 e. The number of carbonyl (C=O) groups excluding carboxylic acids is 1. The highest BCUT2D eigenvalue weighted by Crippen LogP contribution is 2.25. The standard InChI is InChI=1S/C19H19ClN2O3S/c1-14(13-15-3-5-16(20)6-4-15)19(23)21-17-7-9-18(10-8-17)22-11-2-12-26(22,24)25/h3-10,13H,2,11-12H2,1H3,(H,21,23)/b14-13+. The van der Waals surface area contributed by atoms with Gasteiger partial charge in [0.05, 0.1) is 11.4 Å². The summed E-state index contributed by atoms with van der Waals surface area (Å²) < 4.78 is 25.3. The zero-order chi connectivity index (χ0) is 18.7. The van der Waals surface area contributed by atoms with Crippen molar-refractivity contribution in [3.63, 3.8) is 0 Å². The van der Waals surface area contributed by atoms with Crippen LogP contribution in [0.4, 0.5) is 11.4 Å². The number of rotatable bonds is 4. The first-order valence-electron chi connectivity index (χ1n) is 8.21. The third-order valence-electron chi connectivity index (χ3n) is 4.12. The molecule has 0 spiro atoms. The van der Waals surface area contributed by atoms with E-state index in [0.717, 1.165) is 5.56 Å². The molecule has 0 aromatic heterocycles. The Balaban J connectivity index is 1.68. The number of nitrogens with zero attached hydrogens (tertiary/aromatic N) is 1. The smallest absolute Gasteiger partial charge is 0.251 e. The first-order valence-corrected chi connectivity index (χ1v) is 10.2. The van der Waals surface area contributed by atoms with E-state index in [9.17, 15) is 13.2 Å². The molecule has 1 aliphatic rings. The molecule has 1 saturated heterocycles. The lowest BCUT2D eigenvalue weighted by atomic mass is 10.1. The average molecular weight is 391 g/mol. The van der Waals surface area contributed by atoms with Gasteiger partial charge in [0.1, 0.15) is 0 Å². The minimum absolute atomic E-state index is 0.181. The van der Waals surface area contributed by atoms with Crippen molar-refractivity contribution in [1.29, 1.82) is 0 Å². The van der Waals surface area contributed by atoms with E-state index < -0.39 is 10.0 Å². The van der Waals surface area contributed by atoms with Crippen LogP contribution in [-0.4, -0.2) is 26.6 Å². The Hall–Kier alpha value is -2.31. The number of hydrogen-bond acceptors (Lipinski definition) is 3. The third-order valence-corrected chi connectivity index (χ3v) is 6.25. The van der Waals surface area contributed by atoms with Crippen LogP contribution in [0.15, 0.2) is 54.1 Å². The highest BCUT2D eigenvalue weighted by Gasteiger charge is 2.28. The number of anilines is 2. The molecule has 0 aliphatic carbocycles. The molecule has 26 heavy (non-hydrogen) atoms. The van der Waals surface area contributed by atoms with Crippen LogP contribution in [0.25, 0.3) is 6.08 Å². The van der Waals surface area contributed by atoms with Crippen molar-refractivity contribution in [3.8, 4) is 0 Å². The molecule has 1 fully saturated rings. The number of amides is 1. The summed E-state index contributed by atoms with van der Waals surface area (Å²) in [6.07, 6.45) is 2.41. The van der Waals surface area contributed by atoms with Crippen molar-refractivity contribution >= 4 is 45.0 Å². The van der Waals surface area contributed by atoms with E-state index in [1.54, 1.807) is 49.4 Å². The molecule has 2 aromatic rings. The number of benzene rings is 2. The van der Waals surface area contributed by atoms with Gasteiger partial charge >= 0.3 is 0 Å². The summed E-state index contributed by atoms with van der Waals surface area (Å²) in [7, 11) is -3.20. The van der Waals surface area contributed by atoms with Gasteiger partial charge in [-0.1, -0.05) is 23.7 Å². The maximum absolute atomic E-state index is 12.3. The van der Waals surface area contributed by atoms with Crippen molar-refractivity contribution in [1.82, 2.24) is 0 Å². The lowest BCUT2D eigenvalue weighted by molar-refractivity contribution is -0.112. The van der Waals surface area contributed by atoms with Gasteiger partial charge in [0.2, 0.25) is 10.0 Å². The zero-order valence-corrected chi connectivity index (χ0v) is 15.8. The Morgan fingerprint density at radius 1 is 1.12 bits per heavy atom. The van der Waals surface area contributed by atoms with Gasteiger partial charge in [-0.3, -0.25) is 9.10 Å². The second-order valence-electron chi connectivity index (χ2n) is 6.12. The molecule has 0 bridgehead atoms.